The van der Waals surface area contributed by atoms with Gasteiger partial charge >= 0.3 is 5.97 Å². The lowest BCUT2D eigenvalue weighted by molar-refractivity contribution is -0.184. The van der Waals surface area contributed by atoms with Gasteiger partial charge in [-0.2, -0.15) is 0 Å². The third-order valence-electron chi connectivity index (χ3n) is 2.67. The van der Waals surface area contributed by atoms with Crippen LogP contribution in [0, 0.1) is 5.92 Å². The minimum Gasteiger partial charge on any atom is -0.328 e. The number of nitrogens with two attached hydrogens (primary N) is 1. The molecule has 1 rings (SSSR count). The van der Waals surface area contributed by atoms with Crippen molar-refractivity contribution in [1.82, 2.24) is 0 Å². The van der Waals surface area contributed by atoms with Crippen molar-refractivity contribution in [3.05, 3.63) is 0 Å². The molecule has 76 valence electrons. The number of hydrogen-bond acceptors (Lipinski definition) is 3. The fourth-order valence-corrected chi connectivity index (χ4v) is 1.96. The summed E-state index contributed by atoms with van der Waals surface area (Å²) in [6.45, 7) is 0. The van der Waals surface area contributed by atoms with Crippen molar-refractivity contribution < 1.29 is 14.3 Å². The van der Waals surface area contributed by atoms with Gasteiger partial charge in [-0.25, -0.2) is 4.79 Å². The molecule has 0 aromatic heterocycles. The van der Waals surface area contributed by atoms with Crippen molar-refractivity contribution in [2.75, 3.05) is 0 Å². The molecule has 0 radical (unpaired) electrons. The molecule has 0 aliphatic heterocycles. The molecule has 1 saturated carbocycles. The summed E-state index contributed by atoms with van der Waals surface area (Å²) in [4.78, 5) is 13.6. The van der Waals surface area contributed by atoms with Crippen LogP contribution >= 0.6 is 0 Å². The summed E-state index contributed by atoms with van der Waals surface area (Å²) in [5.74, 6) is -0.290. The minimum absolute atomic E-state index is 0.174. The van der Waals surface area contributed by atoms with Crippen LogP contribution in [0.15, 0.2) is 0 Å². The second-order valence-electron chi connectivity index (χ2n) is 3.78. The Bertz CT molecular complexity index is 175. The zero-order valence-corrected chi connectivity index (χ0v) is 7.67. The summed E-state index contributed by atoms with van der Waals surface area (Å²) in [5, 5.41) is 0. The van der Waals surface area contributed by atoms with Gasteiger partial charge in [0, 0.05) is 17.0 Å². The highest BCUT2D eigenvalue weighted by atomic mass is 19.3. The minimum atomic E-state index is -0.765. The molecule has 4 heteroatoms. The van der Waals surface area contributed by atoms with Gasteiger partial charge < -0.3 is 5.73 Å². The Labute approximate surface area is 77.3 Å². The highest BCUT2D eigenvalue weighted by Crippen LogP contribution is 2.26. The molecule has 2 atom stereocenters. The van der Waals surface area contributed by atoms with Crippen molar-refractivity contribution >= 4 is 5.97 Å². The van der Waals surface area contributed by atoms with Crippen LogP contribution in [0.25, 0.3) is 0 Å². The second kappa shape index (κ2) is 5.17. The SMILES string of the molecule is NC1CCCC(CCC(=O)OF)C1. The van der Waals surface area contributed by atoms with E-state index in [1.807, 2.05) is 0 Å². The lowest BCUT2D eigenvalue weighted by Crippen LogP contribution is -2.28. The summed E-state index contributed by atoms with van der Waals surface area (Å²) < 4.78 is 11.3. The van der Waals surface area contributed by atoms with E-state index >= 15 is 0 Å². The van der Waals surface area contributed by atoms with E-state index in [1.165, 1.54) is 0 Å². The summed E-state index contributed by atoms with van der Waals surface area (Å²) in [5.41, 5.74) is 5.77. The predicted molar refractivity (Wildman–Crippen MR) is 46.4 cm³/mol. The normalized spacial score (nSPS) is 28.5. The highest BCUT2D eigenvalue weighted by Gasteiger charge is 2.20. The van der Waals surface area contributed by atoms with Crippen LogP contribution in [0.4, 0.5) is 4.53 Å². The highest BCUT2D eigenvalue weighted by molar-refractivity contribution is 5.68. The number of hydrogen-bond donors (Lipinski definition) is 1. The topological polar surface area (TPSA) is 52.3 Å². The first-order valence-electron chi connectivity index (χ1n) is 4.79. The summed E-state index contributed by atoms with van der Waals surface area (Å²) in [7, 11) is 0. The molecular formula is C9H16FNO2. The summed E-state index contributed by atoms with van der Waals surface area (Å²) >= 11 is 0. The Balaban J connectivity index is 2.17. The van der Waals surface area contributed by atoms with Crippen molar-refractivity contribution in [2.45, 2.75) is 44.6 Å². The van der Waals surface area contributed by atoms with Crippen LogP contribution in [-0.2, 0) is 9.74 Å². The van der Waals surface area contributed by atoms with E-state index in [0.717, 1.165) is 25.7 Å². The first-order chi connectivity index (χ1) is 6.22. The zero-order chi connectivity index (χ0) is 9.68. The Morgan fingerprint density at radius 2 is 2.31 bits per heavy atom. The van der Waals surface area contributed by atoms with Gasteiger partial charge in [-0.3, -0.25) is 4.94 Å². The molecule has 0 aromatic rings. The lowest BCUT2D eigenvalue weighted by atomic mass is 9.83. The van der Waals surface area contributed by atoms with Crippen LogP contribution in [0.2, 0.25) is 0 Å². The first-order valence-corrected chi connectivity index (χ1v) is 4.79. The van der Waals surface area contributed by atoms with E-state index in [2.05, 4.69) is 4.94 Å². The van der Waals surface area contributed by atoms with Crippen LogP contribution in [0.1, 0.15) is 38.5 Å². The van der Waals surface area contributed by atoms with Gasteiger partial charge in [0.05, 0.1) is 0 Å². The van der Waals surface area contributed by atoms with E-state index in [1.54, 1.807) is 0 Å². The largest absolute Gasteiger partial charge is 0.348 e. The van der Waals surface area contributed by atoms with E-state index in [4.69, 9.17) is 5.73 Å². The molecule has 13 heavy (non-hydrogen) atoms. The number of halogens is 1. The van der Waals surface area contributed by atoms with Gasteiger partial charge in [-0.15, -0.1) is 0 Å². The number of carbonyl (C=O) groups is 1. The maximum Gasteiger partial charge on any atom is 0.348 e. The summed E-state index contributed by atoms with van der Waals surface area (Å²) in [6, 6.07) is 0.264. The predicted octanol–water partition coefficient (Wildman–Crippen LogP) is 1.71. The number of carbonyl (C=O) groups excluding carboxylic acids is 1. The maximum atomic E-state index is 11.3. The monoisotopic (exact) mass is 189 g/mol. The lowest BCUT2D eigenvalue weighted by Gasteiger charge is -2.25. The van der Waals surface area contributed by atoms with E-state index in [-0.39, 0.29) is 12.5 Å². The molecule has 1 aliphatic rings. The van der Waals surface area contributed by atoms with Gasteiger partial charge in [0.1, 0.15) is 0 Å². The molecule has 3 nitrogen and oxygen atoms in total. The van der Waals surface area contributed by atoms with Gasteiger partial charge in [-0.05, 0) is 25.2 Å². The third-order valence-corrected chi connectivity index (χ3v) is 2.67. The summed E-state index contributed by atoms with van der Waals surface area (Å²) in [6.07, 6.45) is 5.14. The molecule has 2 N–H and O–H groups in total. The Hall–Kier alpha value is -0.640. The molecule has 0 bridgehead atoms. The fourth-order valence-electron chi connectivity index (χ4n) is 1.96. The Kier molecular flexibility index (Phi) is 4.15. The second-order valence-corrected chi connectivity index (χ2v) is 3.78. The Morgan fingerprint density at radius 1 is 1.54 bits per heavy atom. The first kappa shape index (κ1) is 10.4. The quantitative estimate of drug-likeness (QED) is 0.735. The average Bonchev–Trinajstić information content (AvgIpc) is 2.14. The van der Waals surface area contributed by atoms with Crippen molar-refractivity contribution in [1.29, 1.82) is 0 Å². The standard InChI is InChI=1S/C9H16FNO2/c10-13-9(12)5-4-7-2-1-3-8(11)6-7/h7-8H,1-6,11H2. The van der Waals surface area contributed by atoms with Crippen molar-refractivity contribution in [3.8, 4) is 0 Å². The van der Waals surface area contributed by atoms with Gasteiger partial charge in [0.15, 0.2) is 0 Å². The molecule has 2 unspecified atom stereocenters. The molecular weight excluding hydrogens is 173 g/mol. The van der Waals surface area contributed by atoms with E-state index in [9.17, 15) is 9.32 Å². The third kappa shape index (κ3) is 3.72. The van der Waals surface area contributed by atoms with Crippen molar-refractivity contribution in [3.63, 3.8) is 0 Å². The Morgan fingerprint density at radius 3 is 2.92 bits per heavy atom. The van der Waals surface area contributed by atoms with E-state index in [0.29, 0.717) is 12.3 Å². The zero-order valence-electron chi connectivity index (χ0n) is 7.67. The fraction of sp³-hybridized carbons (Fsp3) is 0.889. The van der Waals surface area contributed by atoms with E-state index < -0.39 is 5.97 Å². The smallest absolute Gasteiger partial charge is 0.328 e. The molecule has 0 amide bonds. The number of rotatable bonds is 3. The van der Waals surface area contributed by atoms with Crippen LogP contribution in [0.3, 0.4) is 0 Å². The maximum absolute atomic E-state index is 11.3. The van der Waals surface area contributed by atoms with Gasteiger partial charge in [0.2, 0.25) is 0 Å². The van der Waals surface area contributed by atoms with Gasteiger partial charge in [-0.1, -0.05) is 12.8 Å². The molecule has 0 saturated heterocycles. The van der Waals surface area contributed by atoms with Crippen molar-refractivity contribution in [2.24, 2.45) is 11.7 Å². The van der Waals surface area contributed by atoms with Crippen LogP contribution in [-0.4, -0.2) is 12.0 Å². The molecule has 0 spiro atoms. The van der Waals surface area contributed by atoms with Gasteiger partial charge in [0.25, 0.3) is 0 Å². The molecule has 0 aromatic carbocycles. The molecule has 1 aliphatic carbocycles. The molecule has 1 fully saturated rings. The van der Waals surface area contributed by atoms with Crippen LogP contribution < -0.4 is 5.73 Å². The molecule has 0 heterocycles. The van der Waals surface area contributed by atoms with Crippen LogP contribution in [0.5, 0.6) is 0 Å². The average molecular weight is 189 g/mol.